The summed E-state index contributed by atoms with van der Waals surface area (Å²) >= 11 is 0. The standard InChI is InChI=1S/C19H28N4O3/c1-21-10-11-23(18(25)16-4-3-8-20-14-16)15-19(21)6-5-17(24)22(9-7-19)12-13-26-2/h3-4,8,14H,5-7,9-13,15H2,1-2H3. The van der Waals surface area contributed by atoms with E-state index in [4.69, 9.17) is 4.74 Å². The summed E-state index contributed by atoms with van der Waals surface area (Å²) in [5.41, 5.74) is 0.478. The Kier molecular flexibility index (Phi) is 5.88. The van der Waals surface area contributed by atoms with E-state index in [0.29, 0.717) is 44.8 Å². The number of likely N-dealkylation sites (N-methyl/N-ethyl adjacent to an activating group) is 1. The van der Waals surface area contributed by atoms with Gasteiger partial charge in [0, 0.05) is 64.2 Å². The molecule has 142 valence electrons. The van der Waals surface area contributed by atoms with E-state index < -0.39 is 0 Å². The summed E-state index contributed by atoms with van der Waals surface area (Å²) < 4.78 is 5.13. The second-order valence-corrected chi connectivity index (χ2v) is 7.24. The van der Waals surface area contributed by atoms with Crippen molar-refractivity contribution < 1.29 is 14.3 Å². The lowest BCUT2D eigenvalue weighted by Crippen LogP contribution is -2.62. The number of amides is 2. The van der Waals surface area contributed by atoms with Crippen LogP contribution in [0.15, 0.2) is 24.5 Å². The average molecular weight is 360 g/mol. The topological polar surface area (TPSA) is 66.0 Å². The first-order chi connectivity index (χ1) is 12.6. The minimum atomic E-state index is -0.145. The summed E-state index contributed by atoms with van der Waals surface area (Å²) in [6, 6.07) is 3.60. The predicted octanol–water partition coefficient (Wildman–Crippen LogP) is 0.867. The van der Waals surface area contributed by atoms with Crippen LogP contribution >= 0.6 is 0 Å². The Balaban J connectivity index is 1.73. The molecule has 26 heavy (non-hydrogen) atoms. The van der Waals surface area contributed by atoms with Crippen LogP contribution in [0.5, 0.6) is 0 Å². The first-order valence-corrected chi connectivity index (χ1v) is 9.23. The maximum absolute atomic E-state index is 12.9. The lowest BCUT2D eigenvalue weighted by atomic mass is 9.86. The Morgan fingerprint density at radius 2 is 2.15 bits per heavy atom. The number of hydrogen-bond acceptors (Lipinski definition) is 5. The van der Waals surface area contributed by atoms with Crippen molar-refractivity contribution in [2.24, 2.45) is 0 Å². The number of ether oxygens (including phenoxy) is 1. The number of carbonyl (C=O) groups excluding carboxylic acids is 2. The lowest BCUT2D eigenvalue weighted by molar-refractivity contribution is -0.131. The highest BCUT2D eigenvalue weighted by atomic mass is 16.5. The smallest absolute Gasteiger partial charge is 0.255 e. The second kappa shape index (κ2) is 8.14. The van der Waals surface area contributed by atoms with Crippen molar-refractivity contribution in [3.63, 3.8) is 0 Å². The van der Waals surface area contributed by atoms with Crippen molar-refractivity contribution in [2.75, 3.05) is 53.5 Å². The summed E-state index contributed by atoms with van der Waals surface area (Å²) in [6.07, 6.45) is 5.46. The molecule has 2 aliphatic rings. The highest BCUT2D eigenvalue weighted by Gasteiger charge is 2.43. The number of methoxy groups -OCH3 is 1. The van der Waals surface area contributed by atoms with E-state index in [0.717, 1.165) is 19.4 Å². The van der Waals surface area contributed by atoms with Gasteiger partial charge in [0.05, 0.1) is 12.2 Å². The van der Waals surface area contributed by atoms with Gasteiger partial charge in [-0.15, -0.1) is 0 Å². The largest absolute Gasteiger partial charge is 0.383 e. The molecule has 0 bridgehead atoms. The normalized spacial score (nSPS) is 24.8. The first kappa shape index (κ1) is 18.8. The van der Waals surface area contributed by atoms with Crippen molar-refractivity contribution in [1.82, 2.24) is 19.7 Å². The van der Waals surface area contributed by atoms with Gasteiger partial charge in [0.1, 0.15) is 0 Å². The monoisotopic (exact) mass is 360 g/mol. The molecule has 0 saturated carbocycles. The van der Waals surface area contributed by atoms with E-state index >= 15 is 0 Å². The third kappa shape index (κ3) is 3.88. The van der Waals surface area contributed by atoms with Crippen molar-refractivity contribution >= 4 is 11.8 Å². The van der Waals surface area contributed by atoms with E-state index in [-0.39, 0.29) is 17.4 Å². The summed E-state index contributed by atoms with van der Waals surface area (Å²) in [5, 5.41) is 0. The molecular weight excluding hydrogens is 332 g/mol. The van der Waals surface area contributed by atoms with E-state index in [2.05, 4.69) is 16.9 Å². The Morgan fingerprint density at radius 3 is 2.88 bits per heavy atom. The van der Waals surface area contributed by atoms with Crippen molar-refractivity contribution in [3.05, 3.63) is 30.1 Å². The molecule has 0 N–H and O–H groups in total. The van der Waals surface area contributed by atoms with Gasteiger partial charge in [-0.05, 0) is 32.0 Å². The van der Waals surface area contributed by atoms with Gasteiger partial charge in [-0.3, -0.25) is 19.5 Å². The number of carbonyl (C=O) groups is 2. The molecule has 3 rings (SSSR count). The number of likely N-dealkylation sites (tertiary alicyclic amines) is 1. The molecule has 3 heterocycles. The fourth-order valence-electron chi connectivity index (χ4n) is 3.98. The molecule has 2 fully saturated rings. The van der Waals surface area contributed by atoms with E-state index in [1.807, 2.05) is 15.9 Å². The van der Waals surface area contributed by atoms with Crippen LogP contribution in [0.2, 0.25) is 0 Å². The Morgan fingerprint density at radius 1 is 1.31 bits per heavy atom. The summed E-state index contributed by atoms with van der Waals surface area (Å²) in [6.45, 7) is 4.07. The summed E-state index contributed by atoms with van der Waals surface area (Å²) in [7, 11) is 3.77. The van der Waals surface area contributed by atoms with E-state index in [1.54, 1.807) is 25.6 Å². The number of nitrogens with zero attached hydrogens (tertiary/aromatic N) is 4. The Bertz CT molecular complexity index is 639. The number of hydrogen-bond donors (Lipinski definition) is 0. The maximum atomic E-state index is 12.9. The molecular formula is C19H28N4O3. The van der Waals surface area contributed by atoms with Crippen molar-refractivity contribution in [3.8, 4) is 0 Å². The molecule has 1 aromatic heterocycles. The predicted molar refractivity (Wildman–Crippen MR) is 97.8 cm³/mol. The van der Waals surface area contributed by atoms with Gasteiger partial charge in [-0.2, -0.15) is 0 Å². The SMILES string of the molecule is COCCN1CCC2(CCC1=O)CN(C(=O)c1cccnc1)CCN2C. The minimum absolute atomic E-state index is 0.0254. The second-order valence-electron chi connectivity index (χ2n) is 7.24. The zero-order valence-electron chi connectivity index (χ0n) is 15.7. The highest BCUT2D eigenvalue weighted by Crippen LogP contribution is 2.32. The third-order valence-electron chi connectivity index (χ3n) is 5.77. The van der Waals surface area contributed by atoms with Crippen LogP contribution in [0.4, 0.5) is 0 Å². The Hall–Kier alpha value is -1.99. The van der Waals surface area contributed by atoms with Gasteiger partial charge in [0.15, 0.2) is 0 Å². The molecule has 2 aliphatic heterocycles. The van der Waals surface area contributed by atoms with Crippen LogP contribution in [0.25, 0.3) is 0 Å². The van der Waals surface area contributed by atoms with Gasteiger partial charge in [-0.1, -0.05) is 0 Å². The van der Waals surface area contributed by atoms with Gasteiger partial charge < -0.3 is 14.5 Å². The minimum Gasteiger partial charge on any atom is -0.383 e. The molecule has 0 radical (unpaired) electrons. The van der Waals surface area contributed by atoms with Gasteiger partial charge in [0.25, 0.3) is 5.91 Å². The summed E-state index contributed by atoms with van der Waals surface area (Å²) in [4.78, 5) is 35.5. The summed E-state index contributed by atoms with van der Waals surface area (Å²) in [5.74, 6) is 0.209. The fraction of sp³-hybridized carbons (Fsp3) is 0.632. The van der Waals surface area contributed by atoms with E-state index in [1.165, 1.54) is 0 Å². The first-order valence-electron chi connectivity index (χ1n) is 9.23. The lowest BCUT2D eigenvalue weighted by Gasteiger charge is -2.49. The molecule has 2 amide bonds. The maximum Gasteiger partial charge on any atom is 0.255 e. The molecule has 7 nitrogen and oxygen atoms in total. The van der Waals surface area contributed by atoms with Gasteiger partial charge >= 0.3 is 0 Å². The number of rotatable bonds is 4. The number of aromatic nitrogens is 1. The zero-order valence-corrected chi connectivity index (χ0v) is 15.7. The third-order valence-corrected chi connectivity index (χ3v) is 5.77. The van der Waals surface area contributed by atoms with Crippen LogP contribution < -0.4 is 0 Å². The molecule has 2 saturated heterocycles. The van der Waals surface area contributed by atoms with Crippen molar-refractivity contribution in [1.29, 1.82) is 0 Å². The van der Waals surface area contributed by atoms with Crippen LogP contribution in [-0.2, 0) is 9.53 Å². The van der Waals surface area contributed by atoms with Crippen LogP contribution in [0.1, 0.15) is 29.6 Å². The Labute approximate surface area is 154 Å². The molecule has 0 aromatic carbocycles. The molecule has 1 aromatic rings. The average Bonchev–Trinajstić information content (AvgIpc) is 2.83. The molecule has 1 unspecified atom stereocenters. The number of piperazine rings is 1. The van der Waals surface area contributed by atoms with E-state index in [9.17, 15) is 9.59 Å². The molecule has 7 heteroatoms. The molecule has 1 spiro atoms. The van der Waals surface area contributed by atoms with Crippen LogP contribution in [0.3, 0.4) is 0 Å². The molecule has 1 atom stereocenters. The number of pyridine rings is 1. The van der Waals surface area contributed by atoms with Crippen molar-refractivity contribution in [2.45, 2.75) is 24.8 Å². The molecule has 0 aliphatic carbocycles. The van der Waals surface area contributed by atoms with Crippen LogP contribution in [0, 0.1) is 0 Å². The highest BCUT2D eigenvalue weighted by molar-refractivity contribution is 5.94. The van der Waals surface area contributed by atoms with Gasteiger partial charge in [-0.25, -0.2) is 0 Å². The van der Waals surface area contributed by atoms with Crippen LogP contribution in [-0.4, -0.2) is 90.5 Å². The quantitative estimate of drug-likeness (QED) is 0.797. The fourth-order valence-corrected chi connectivity index (χ4v) is 3.98. The van der Waals surface area contributed by atoms with Gasteiger partial charge in [0.2, 0.25) is 5.91 Å². The zero-order chi connectivity index (χ0) is 18.6.